The van der Waals surface area contributed by atoms with Gasteiger partial charge in [-0.15, -0.1) is 0 Å². The molecule has 0 aliphatic rings. The van der Waals surface area contributed by atoms with Gasteiger partial charge in [0.25, 0.3) is 0 Å². The Morgan fingerprint density at radius 3 is 2.05 bits per heavy atom. The first-order valence-corrected chi connectivity index (χ1v) is 7.93. The van der Waals surface area contributed by atoms with E-state index in [2.05, 4.69) is 51.2 Å². The van der Waals surface area contributed by atoms with E-state index in [1.807, 2.05) is 6.92 Å². The van der Waals surface area contributed by atoms with Crippen LogP contribution in [0.15, 0.2) is 18.2 Å². The van der Waals surface area contributed by atoms with Gasteiger partial charge in [0, 0.05) is 12.8 Å². The van der Waals surface area contributed by atoms with Crippen molar-refractivity contribution in [2.75, 3.05) is 25.6 Å². The van der Waals surface area contributed by atoms with Crippen molar-refractivity contribution in [2.24, 2.45) is 0 Å². The van der Waals surface area contributed by atoms with Crippen LogP contribution in [0.25, 0.3) is 0 Å². The predicted octanol–water partition coefficient (Wildman–Crippen LogP) is 3.92. The Balaban J connectivity index is 2.92. The van der Waals surface area contributed by atoms with E-state index >= 15 is 0 Å². The average molecular weight is 307 g/mol. The number of nitrogens with one attached hydrogen (secondary N) is 1. The Kier molecular flexibility index (Phi) is 7.39. The second kappa shape index (κ2) is 8.79. The van der Waals surface area contributed by atoms with Gasteiger partial charge >= 0.3 is 5.97 Å². The maximum absolute atomic E-state index is 12.0. The Hall–Kier alpha value is -1.55. The molecule has 0 aromatic heterocycles. The fourth-order valence-corrected chi connectivity index (χ4v) is 2.34. The van der Waals surface area contributed by atoms with Crippen LogP contribution in [0.3, 0.4) is 0 Å². The van der Waals surface area contributed by atoms with Gasteiger partial charge in [0.2, 0.25) is 0 Å². The molecule has 0 saturated carbocycles. The first kappa shape index (κ1) is 18.5. The largest absolute Gasteiger partial charge is 0.462 e. The summed E-state index contributed by atoms with van der Waals surface area (Å²) in [6, 6.07) is 5.91. The minimum Gasteiger partial charge on any atom is -0.462 e. The van der Waals surface area contributed by atoms with Crippen LogP contribution in [0.5, 0.6) is 0 Å². The third kappa shape index (κ3) is 5.02. The molecule has 0 heterocycles. The number of rotatable bonds is 8. The number of hydrogen-bond acceptors (Lipinski definition) is 4. The average Bonchev–Trinajstić information content (AvgIpc) is 2.46. The van der Waals surface area contributed by atoms with Crippen molar-refractivity contribution in [2.45, 2.75) is 52.5 Å². The second-order valence-electron chi connectivity index (χ2n) is 6.15. The maximum atomic E-state index is 12.0. The SMILES string of the molecule is COCCOC(=O)[C@H](C)Nc1c(C(C)C)cccc1C(C)C. The Morgan fingerprint density at radius 2 is 1.59 bits per heavy atom. The lowest BCUT2D eigenvalue weighted by molar-refractivity contribution is -0.145. The fraction of sp³-hybridized carbons (Fsp3) is 0.611. The van der Waals surface area contributed by atoms with Crippen LogP contribution in [-0.4, -0.2) is 32.3 Å². The van der Waals surface area contributed by atoms with Crippen LogP contribution in [-0.2, 0) is 14.3 Å². The molecule has 22 heavy (non-hydrogen) atoms. The van der Waals surface area contributed by atoms with E-state index in [4.69, 9.17) is 9.47 Å². The summed E-state index contributed by atoms with van der Waals surface area (Å²) in [5, 5.41) is 3.35. The summed E-state index contributed by atoms with van der Waals surface area (Å²) < 4.78 is 10.1. The molecule has 0 aliphatic carbocycles. The number of esters is 1. The zero-order valence-electron chi connectivity index (χ0n) is 14.6. The highest BCUT2D eigenvalue weighted by molar-refractivity contribution is 5.80. The van der Waals surface area contributed by atoms with Crippen LogP contribution in [0.2, 0.25) is 0 Å². The molecular formula is C18H29NO3. The van der Waals surface area contributed by atoms with Crippen molar-refractivity contribution in [1.29, 1.82) is 0 Å². The van der Waals surface area contributed by atoms with Gasteiger partial charge < -0.3 is 14.8 Å². The van der Waals surface area contributed by atoms with Crippen molar-refractivity contribution < 1.29 is 14.3 Å². The van der Waals surface area contributed by atoms with Gasteiger partial charge in [-0.1, -0.05) is 45.9 Å². The third-order valence-electron chi connectivity index (χ3n) is 3.62. The molecule has 124 valence electrons. The van der Waals surface area contributed by atoms with E-state index in [1.165, 1.54) is 11.1 Å². The molecule has 0 aliphatic heterocycles. The van der Waals surface area contributed by atoms with Gasteiger partial charge in [-0.2, -0.15) is 0 Å². The highest BCUT2D eigenvalue weighted by Gasteiger charge is 2.19. The Morgan fingerprint density at radius 1 is 1.05 bits per heavy atom. The summed E-state index contributed by atoms with van der Waals surface area (Å²) in [4.78, 5) is 12.0. The van der Waals surface area contributed by atoms with E-state index in [-0.39, 0.29) is 12.6 Å². The van der Waals surface area contributed by atoms with E-state index in [0.717, 1.165) is 5.69 Å². The molecular weight excluding hydrogens is 278 g/mol. The lowest BCUT2D eigenvalue weighted by Gasteiger charge is -2.23. The van der Waals surface area contributed by atoms with Crippen LogP contribution < -0.4 is 5.32 Å². The second-order valence-corrected chi connectivity index (χ2v) is 6.15. The highest BCUT2D eigenvalue weighted by atomic mass is 16.6. The molecule has 1 N–H and O–H groups in total. The molecule has 1 rings (SSSR count). The minimum atomic E-state index is -0.394. The summed E-state index contributed by atoms with van der Waals surface area (Å²) in [5.41, 5.74) is 3.51. The number of carbonyl (C=O) groups excluding carboxylic acids is 1. The number of hydrogen-bond donors (Lipinski definition) is 1. The lowest BCUT2D eigenvalue weighted by atomic mass is 9.92. The first-order valence-electron chi connectivity index (χ1n) is 7.93. The predicted molar refractivity (Wildman–Crippen MR) is 90.5 cm³/mol. The van der Waals surface area contributed by atoms with Gasteiger partial charge in [0.15, 0.2) is 0 Å². The molecule has 0 saturated heterocycles. The number of benzene rings is 1. The third-order valence-corrected chi connectivity index (χ3v) is 3.62. The topological polar surface area (TPSA) is 47.6 Å². The van der Waals surface area contributed by atoms with E-state index < -0.39 is 6.04 Å². The summed E-state index contributed by atoms with van der Waals surface area (Å²) in [6.07, 6.45) is 0. The molecule has 0 amide bonds. The molecule has 1 aromatic rings. The quantitative estimate of drug-likeness (QED) is 0.584. The van der Waals surface area contributed by atoms with E-state index in [1.54, 1.807) is 7.11 Å². The number of para-hydroxylation sites is 1. The summed E-state index contributed by atoms with van der Waals surface area (Å²) >= 11 is 0. The van der Waals surface area contributed by atoms with Crippen LogP contribution >= 0.6 is 0 Å². The molecule has 4 nitrogen and oxygen atoms in total. The minimum absolute atomic E-state index is 0.259. The Labute approximate surface area is 134 Å². The number of methoxy groups -OCH3 is 1. The van der Waals surface area contributed by atoms with Gasteiger partial charge in [0.1, 0.15) is 12.6 Å². The smallest absolute Gasteiger partial charge is 0.328 e. The zero-order valence-corrected chi connectivity index (χ0v) is 14.6. The van der Waals surface area contributed by atoms with Crippen LogP contribution in [0.1, 0.15) is 57.6 Å². The van der Waals surface area contributed by atoms with Gasteiger partial charge in [-0.05, 0) is 29.9 Å². The number of anilines is 1. The molecule has 0 radical (unpaired) electrons. The molecule has 0 spiro atoms. The molecule has 1 aromatic carbocycles. The number of ether oxygens (including phenoxy) is 2. The van der Waals surface area contributed by atoms with Gasteiger partial charge in [-0.25, -0.2) is 4.79 Å². The zero-order chi connectivity index (χ0) is 16.7. The molecule has 1 atom stereocenters. The number of carbonyl (C=O) groups is 1. The van der Waals surface area contributed by atoms with Crippen LogP contribution in [0.4, 0.5) is 5.69 Å². The van der Waals surface area contributed by atoms with Crippen molar-refractivity contribution in [3.05, 3.63) is 29.3 Å². The summed E-state index contributed by atoms with van der Waals surface area (Å²) in [5.74, 6) is 0.515. The maximum Gasteiger partial charge on any atom is 0.328 e. The molecule has 0 bridgehead atoms. The van der Waals surface area contributed by atoms with E-state index in [0.29, 0.717) is 18.4 Å². The summed E-state index contributed by atoms with van der Waals surface area (Å²) in [7, 11) is 1.59. The molecule has 4 heteroatoms. The normalized spacial score (nSPS) is 12.5. The van der Waals surface area contributed by atoms with Crippen molar-refractivity contribution in [3.8, 4) is 0 Å². The van der Waals surface area contributed by atoms with Crippen LogP contribution in [0, 0.1) is 0 Å². The first-order chi connectivity index (χ1) is 10.4. The van der Waals surface area contributed by atoms with E-state index in [9.17, 15) is 4.79 Å². The Bertz CT molecular complexity index is 457. The fourth-order valence-electron chi connectivity index (χ4n) is 2.34. The standard InChI is InChI=1S/C18H29NO3/c1-12(2)15-8-7-9-16(13(3)4)17(15)19-14(5)18(20)22-11-10-21-6/h7-9,12-14,19H,10-11H2,1-6H3/t14-/m0/s1. The van der Waals surface area contributed by atoms with Crippen molar-refractivity contribution in [3.63, 3.8) is 0 Å². The van der Waals surface area contributed by atoms with Crippen molar-refractivity contribution >= 4 is 11.7 Å². The summed E-state index contributed by atoms with van der Waals surface area (Å²) in [6.45, 7) is 11.2. The molecule has 0 unspecified atom stereocenters. The van der Waals surface area contributed by atoms with Gasteiger partial charge in [0.05, 0.1) is 6.61 Å². The monoisotopic (exact) mass is 307 g/mol. The molecule has 0 fully saturated rings. The highest BCUT2D eigenvalue weighted by Crippen LogP contribution is 2.32. The van der Waals surface area contributed by atoms with Gasteiger partial charge in [-0.3, -0.25) is 0 Å². The van der Waals surface area contributed by atoms with Crippen molar-refractivity contribution in [1.82, 2.24) is 0 Å². The lowest BCUT2D eigenvalue weighted by Crippen LogP contribution is -2.30.